The Bertz CT molecular complexity index is 714. The molecule has 0 aliphatic carbocycles. The predicted octanol–water partition coefficient (Wildman–Crippen LogP) is 0.865. The molecule has 2 aromatic rings. The van der Waals surface area contributed by atoms with Gasteiger partial charge in [0.25, 0.3) is 11.8 Å². The molecular weight excluding hydrogens is 303 g/mol. The van der Waals surface area contributed by atoms with Crippen molar-refractivity contribution in [3.8, 4) is 5.75 Å². The molecule has 1 aromatic heterocycles. The maximum Gasteiger partial charge on any atom is 0.276 e. The van der Waals surface area contributed by atoms with E-state index < -0.39 is 24.2 Å². The van der Waals surface area contributed by atoms with Gasteiger partial charge in [-0.3, -0.25) is 25.1 Å². The maximum atomic E-state index is 13.3. The van der Waals surface area contributed by atoms with Crippen molar-refractivity contribution in [1.82, 2.24) is 20.6 Å². The van der Waals surface area contributed by atoms with Crippen LogP contribution in [0.5, 0.6) is 5.75 Å². The van der Waals surface area contributed by atoms with Crippen molar-refractivity contribution < 1.29 is 18.7 Å². The molecule has 7 nitrogen and oxygen atoms in total. The van der Waals surface area contributed by atoms with Gasteiger partial charge in [0.05, 0.1) is 5.69 Å². The van der Waals surface area contributed by atoms with E-state index >= 15 is 0 Å². The molecule has 2 amide bonds. The van der Waals surface area contributed by atoms with Gasteiger partial charge in [-0.1, -0.05) is 12.1 Å². The van der Waals surface area contributed by atoms with Gasteiger partial charge >= 0.3 is 0 Å². The lowest BCUT2D eigenvalue weighted by Gasteiger charge is -2.09. The summed E-state index contributed by atoms with van der Waals surface area (Å²) < 4.78 is 19.8. The highest BCUT2D eigenvalue weighted by Gasteiger charge is 2.09. The Morgan fingerprint density at radius 2 is 1.91 bits per heavy atom. The fraction of sp³-hybridized carbons (Fsp3) is 0.267. The largest absolute Gasteiger partial charge is 0.481 e. The maximum absolute atomic E-state index is 13.3. The van der Waals surface area contributed by atoms with E-state index in [1.165, 1.54) is 22.9 Å². The van der Waals surface area contributed by atoms with Gasteiger partial charge in [-0.15, -0.1) is 0 Å². The number of aryl methyl sites for hydroxylation is 2. The van der Waals surface area contributed by atoms with Crippen LogP contribution in [0.3, 0.4) is 0 Å². The van der Waals surface area contributed by atoms with Gasteiger partial charge in [0.15, 0.2) is 18.2 Å². The van der Waals surface area contributed by atoms with Crippen LogP contribution in [0.4, 0.5) is 4.39 Å². The van der Waals surface area contributed by atoms with Crippen molar-refractivity contribution in [2.45, 2.75) is 20.4 Å². The highest BCUT2D eigenvalue weighted by atomic mass is 19.1. The van der Waals surface area contributed by atoms with Gasteiger partial charge in [-0.2, -0.15) is 5.10 Å². The second kappa shape index (κ2) is 7.39. The van der Waals surface area contributed by atoms with E-state index in [1.54, 1.807) is 6.07 Å². The third-order valence-corrected chi connectivity index (χ3v) is 2.93. The van der Waals surface area contributed by atoms with Crippen molar-refractivity contribution in [2.24, 2.45) is 0 Å². The van der Waals surface area contributed by atoms with Gasteiger partial charge in [-0.25, -0.2) is 4.39 Å². The number of rotatable bonds is 5. The zero-order valence-electron chi connectivity index (χ0n) is 12.8. The number of nitrogens with zero attached hydrogens (tertiary/aromatic N) is 2. The number of carbonyl (C=O) groups excluding carboxylic acids is 2. The third-order valence-electron chi connectivity index (χ3n) is 2.93. The minimum absolute atomic E-state index is 0.0197. The smallest absolute Gasteiger partial charge is 0.276 e. The summed E-state index contributed by atoms with van der Waals surface area (Å²) in [6, 6.07) is 7.58. The molecule has 0 aliphatic heterocycles. The first-order chi connectivity index (χ1) is 11.0. The molecule has 0 radical (unpaired) electrons. The number of hydrogen-bond acceptors (Lipinski definition) is 4. The Balaban J connectivity index is 1.75. The van der Waals surface area contributed by atoms with Crippen LogP contribution in [0.2, 0.25) is 0 Å². The van der Waals surface area contributed by atoms with Crippen LogP contribution < -0.4 is 15.6 Å². The quantitative estimate of drug-likeness (QED) is 0.801. The predicted molar refractivity (Wildman–Crippen MR) is 79.9 cm³/mol. The minimum atomic E-state index is -0.602. The van der Waals surface area contributed by atoms with E-state index in [2.05, 4.69) is 16.0 Å². The van der Waals surface area contributed by atoms with Gasteiger partial charge in [-0.05, 0) is 32.0 Å². The molecule has 0 aliphatic rings. The van der Waals surface area contributed by atoms with Crippen molar-refractivity contribution in [2.75, 3.05) is 6.61 Å². The first-order valence-electron chi connectivity index (χ1n) is 6.92. The lowest BCUT2D eigenvalue weighted by atomic mass is 10.3. The lowest BCUT2D eigenvalue weighted by molar-refractivity contribution is -0.130. The Kier molecular flexibility index (Phi) is 5.29. The fourth-order valence-electron chi connectivity index (χ4n) is 1.89. The average Bonchev–Trinajstić information content (AvgIpc) is 2.82. The first-order valence-corrected chi connectivity index (χ1v) is 6.92. The van der Waals surface area contributed by atoms with E-state index in [0.717, 1.165) is 11.4 Å². The number of amides is 2. The average molecular weight is 320 g/mol. The molecule has 0 unspecified atom stereocenters. The Hall–Kier alpha value is -2.90. The molecule has 8 heteroatoms. The van der Waals surface area contributed by atoms with Crippen molar-refractivity contribution in [3.63, 3.8) is 0 Å². The Labute approximate surface area is 132 Å². The monoisotopic (exact) mass is 320 g/mol. The van der Waals surface area contributed by atoms with E-state index in [1.807, 2.05) is 19.9 Å². The van der Waals surface area contributed by atoms with Crippen LogP contribution in [0.15, 0.2) is 30.3 Å². The summed E-state index contributed by atoms with van der Waals surface area (Å²) >= 11 is 0. The molecular formula is C15H17FN4O3. The second-order valence-corrected chi connectivity index (χ2v) is 4.90. The SMILES string of the molecule is Cc1cc(C)n(CC(=O)NNC(=O)COc2ccccc2F)n1. The fourth-order valence-corrected chi connectivity index (χ4v) is 1.89. The Morgan fingerprint density at radius 1 is 1.22 bits per heavy atom. The summed E-state index contributed by atoms with van der Waals surface area (Å²) in [5, 5.41) is 4.14. The van der Waals surface area contributed by atoms with Crippen molar-refractivity contribution in [3.05, 3.63) is 47.5 Å². The topological polar surface area (TPSA) is 85.2 Å². The highest BCUT2D eigenvalue weighted by Crippen LogP contribution is 2.14. The lowest BCUT2D eigenvalue weighted by Crippen LogP contribution is -2.45. The van der Waals surface area contributed by atoms with Crippen LogP contribution in [-0.2, 0) is 16.1 Å². The number of hydrogen-bond donors (Lipinski definition) is 2. The molecule has 2 rings (SSSR count). The molecule has 0 atom stereocenters. The van der Waals surface area contributed by atoms with E-state index in [9.17, 15) is 14.0 Å². The summed E-state index contributed by atoms with van der Waals surface area (Å²) in [6.07, 6.45) is 0. The number of carbonyl (C=O) groups is 2. The summed E-state index contributed by atoms with van der Waals surface area (Å²) in [6.45, 7) is 3.21. The molecule has 23 heavy (non-hydrogen) atoms. The zero-order chi connectivity index (χ0) is 16.8. The van der Waals surface area contributed by atoms with Crippen LogP contribution in [0, 0.1) is 19.7 Å². The van der Waals surface area contributed by atoms with E-state index in [-0.39, 0.29) is 12.3 Å². The molecule has 122 valence electrons. The number of benzene rings is 1. The zero-order valence-corrected chi connectivity index (χ0v) is 12.8. The standard InChI is InChI=1S/C15H17FN4O3/c1-10-7-11(2)20(19-10)8-14(21)17-18-15(22)9-23-13-6-4-3-5-12(13)16/h3-7H,8-9H2,1-2H3,(H,17,21)(H,18,22). The minimum Gasteiger partial charge on any atom is -0.481 e. The molecule has 0 bridgehead atoms. The number of hydrazine groups is 1. The van der Waals surface area contributed by atoms with E-state index in [0.29, 0.717) is 0 Å². The molecule has 2 N–H and O–H groups in total. The molecule has 0 spiro atoms. The third kappa shape index (κ3) is 4.80. The summed E-state index contributed by atoms with van der Waals surface area (Å²) in [4.78, 5) is 23.3. The van der Waals surface area contributed by atoms with Gasteiger partial charge in [0.2, 0.25) is 0 Å². The summed E-state index contributed by atoms with van der Waals surface area (Å²) in [5.41, 5.74) is 6.08. The Morgan fingerprint density at radius 3 is 2.57 bits per heavy atom. The van der Waals surface area contributed by atoms with Gasteiger partial charge in [0, 0.05) is 5.69 Å². The molecule has 1 aromatic carbocycles. The van der Waals surface area contributed by atoms with Crippen LogP contribution in [0.1, 0.15) is 11.4 Å². The molecule has 0 saturated heterocycles. The normalized spacial score (nSPS) is 10.2. The molecule has 0 saturated carbocycles. The van der Waals surface area contributed by atoms with Gasteiger partial charge < -0.3 is 4.74 Å². The van der Waals surface area contributed by atoms with E-state index in [4.69, 9.17) is 4.74 Å². The highest BCUT2D eigenvalue weighted by molar-refractivity contribution is 5.82. The molecule has 1 heterocycles. The number of halogens is 1. The van der Waals surface area contributed by atoms with Gasteiger partial charge in [0.1, 0.15) is 6.54 Å². The summed E-state index contributed by atoms with van der Waals surface area (Å²) in [5.74, 6) is -1.63. The van der Waals surface area contributed by atoms with Crippen molar-refractivity contribution >= 4 is 11.8 Å². The first kappa shape index (κ1) is 16.5. The number of aromatic nitrogens is 2. The second-order valence-electron chi connectivity index (χ2n) is 4.90. The van der Waals surface area contributed by atoms with Crippen LogP contribution in [-0.4, -0.2) is 28.2 Å². The van der Waals surface area contributed by atoms with Crippen molar-refractivity contribution in [1.29, 1.82) is 0 Å². The molecule has 0 fully saturated rings. The van der Waals surface area contributed by atoms with Crippen LogP contribution in [0.25, 0.3) is 0 Å². The number of para-hydroxylation sites is 1. The number of ether oxygens (including phenoxy) is 1. The van der Waals surface area contributed by atoms with Crippen LogP contribution >= 0.6 is 0 Å². The summed E-state index contributed by atoms with van der Waals surface area (Å²) in [7, 11) is 0. The number of nitrogens with one attached hydrogen (secondary N) is 2.